The Bertz CT molecular complexity index is 437. The third kappa shape index (κ3) is 2.19. The van der Waals surface area contributed by atoms with Gasteiger partial charge < -0.3 is 9.31 Å². The van der Waals surface area contributed by atoms with Crippen molar-refractivity contribution in [2.75, 3.05) is 0 Å². The van der Waals surface area contributed by atoms with Crippen LogP contribution in [0.3, 0.4) is 0 Å². The van der Waals surface area contributed by atoms with Gasteiger partial charge in [-0.2, -0.15) is 0 Å². The highest BCUT2D eigenvalue weighted by atomic mass is 35.5. The molecule has 0 N–H and O–H groups in total. The largest absolute Gasteiger partial charge is 0.514 e. The molecule has 0 aliphatic carbocycles. The smallest absolute Gasteiger partial charge is 0.398 e. The summed E-state index contributed by atoms with van der Waals surface area (Å²) in [7, 11) is -0.660. The predicted octanol–water partition coefficient (Wildman–Crippen LogP) is 2.17. The van der Waals surface area contributed by atoms with Gasteiger partial charge in [0.2, 0.25) is 0 Å². The molecule has 1 aromatic heterocycles. The van der Waals surface area contributed by atoms with Crippen molar-refractivity contribution in [2.24, 2.45) is 0 Å². The van der Waals surface area contributed by atoms with E-state index in [2.05, 4.69) is 4.98 Å². The molecule has 1 saturated heterocycles. The van der Waals surface area contributed by atoms with Gasteiger partial charge in [-0.3, -0.25) is 4.98 Å². The van der Waals surface area contributed by atoms with Crippen LogP contribution >= 0.6 is 11.6 Å². The van der Waals surface area contributed by atoms with Gasteiger partial charge >= 0.3 is 7.12 Å². The summed E-state index contributed by atoms with van der Waals surface area (Å²) in [4.78, 5) is 4.03. The molecule has 1 aliphatic heterocycles. The van der Waals surface area contributed by atoms with Crippen molar-refractivity contribution in [1.82, 2.24) is 4.98 Å². The minimum atomic E-state index is -0.660. The third-order valence-electron chi connectivity index (χ3n) is 3.32. The minimum absolute atomic E-state index is 0.00901. The van der Waals surface area contributed by atoms with Gasteiger partial charge in [-0.1, -0.05) is 11.6 Å². The number of pyridine rings is 1. The van der Waals surface area contributed by atoms with Crippen LogP contribution in [0.1, 0.15) is 27.7 Å². The topological polar surface area (TPSA) is 31.4 Å². The number of hydrogen-bond acceptors (Lipinski definition) is 3. The van der Waals surface area contributed by atoms with Gasteiger partial charge in [0.15, 0.2) is 0 Å². The molecule has 1 aromatic rings. The predicted molar refractivity (Wildman–Crippen MR) is 64.9 cm³/mol. The lowest BCUT2D eigenvalue weighted by Gasteiger charge is -2.32. The van der Waals surface area contributed by atoms with Gasteiger partial charge in [0.1, 0.15) is 5.82 Å². The van der Waals surface area contributed by atoms with Crippen molar-refractivity contribution in [3.8, 4) is 0 Å². The monoisotopic (exact) mass is 257 g/mol. The number of rotatable bonds is 1. The average molecular weight is 258 g/mol. The quantitative estimate of drug-likeness (QED) is 0.723. The Balaban J connectivity index is 2.29. The summed E-state index contributed by atoms with van der Waals surface area (Å²) in [6, 6.07) is 1.24. The number of halogens is 2. The molecule has 0 radical (unpaired) electrons. The average Bonchev–Trinajstić information content (AvgIpc) is 2.41. The van der Waals surface area contributed by atoms with Crippen LogP contribution in [0.5, 0.6) is 0 Å². The van der Waals surface area contributed by atoms with Crippen molar-refractivity contribution < 1.29 is 13.7 Å². The van der Waals surface area contributed by atoms with Crippen molar-refractivity contribution in [1.29, 1.82) is 0 Å². The molecule has 6 heteroatoms. The van der Waals surface area contributed by atoms with Crippen molar-refractivity contribution in [3.63, 3.8) is 0 Å². The first-order valence-electron chi connectivity index (χ1n) is 5.39. The minimum Gasteiger partial charge on any atom is -0.398 e. The highest BCUT2D eigenvalue weighted by Gasteiger charge is 2.52. The van der Waals surface area contributed by atoms with E-state index in [-0.39, 0.29) is 5.02 Å². The van der Waals surface area contributed by atoms with Crippen molar-refractivity contribution in [3.05, 3.63) is 23.1 Å². The first-order chi connectivity index (χ1) is 7.73. The molecule has 0 spiro atoms. The molecule has 92 valence electrons. The second-order valence-corrected chi connectivity index (χ2v) is 5.52. The Morgan fingerprint density at radius 2 is 1.76 bits per heavy atom. The lowest BCUT2D eigenvalue weighted by molar-refractivity contribution is 0.00578. The Hall–Kier alpha value is -0.645. The maximum absolute atomic E-state index is 13.3. The Morgan fingerprint density at radius 3 is 2.24 bits per heavy atom. The SMILES string of the molecule is CC1(C)OB(c2cc(F)c(Cl)cn2)OC1(C)C. The molecule has 0 unspecified atom stereocenters. The van der Waals surface area contributed by atoms with Gasteiger partial charge in [-0.05, 0) is 33.8 Å². The highest BCUT2D eigenvalue weighted by Crippen LogP contribution is 2.36. The molecule has 1 fully saturated rings. The van der Waals surface area contributed by atoms with E-state index >= 15 is 0 Å². The van der Waals surface area contributed by atoms with E-state index in [1.807, 2.05) is 27.7 Å². The van der Waals surface area contributed by atoms with E-state index in [4.69, 9.17) is 20.9 Å². The molecule has 2 rings (SSSR count). The van der Waals surface area contributed by atoms with Gasteiger partial charge in [0, 0.05) is 6.20 Å². The van der Waals surface area contributed by atoms with Gasteiger partial charge in [0.25, 0.3) is 0 Å². The van der Waals surface area contributed by atoms with E-state index < -0.39 is 24.1 Å². The molecule has 0 bridgehead atoms. The normalized spacial score (nSPS) is 21.9. The maximum Gasteiger partial charge on any atom is 0.514 e. The van der Waals surface area contributed by atoms with Crippen LogP contribution in [0.2, 0.25) is 5.02 Å². The zero-order chi connectivity index (χ0) is 12.8. The first-order valence-corrected chi connectivity index (χ1v) is 5.77. The summed E-state index contributed by atoms with van der Waals surface area (Å²) in [6.45, 7) is 7.72. The van der Waals surface area contributed by atoms with Crippen LogP contribution in [-0.4, -0.2) is 23.3 Å². The van der Waals surface area contributed by atoms with Crippen LogP contribution in [-0.2, 0) is 9.31 Å². The molecular formula is C11H14BClFNO2. The number of nitrogens with zero attached hydrogens (tertiary/aromatic N) is 1. The van der Waals surface area contributed by atoms with E-state index in [1.165, 1.54) is 12.3 Å². The van der Waals surface area contributed by atoms with Gasteiger partial charge in [0.05, 0.1) is 21.8 Å². The van der Waals surface area contributed by atoms with Crippen LogP contribution in [0.15, 0.2) is 12.3 Å². The van der Waals surface area contributed by atoms with Crippen LogP contribution < -0.4 is 5.59 Å². The Kier molecular flexibility index (Phi) is 2.96. The zero-order valence-corrected chi connectivity index (χ0v) is 11.0. The fourth-order valence-electron chi connectivity index (χ4n) is 1.52. The fraction of sp³-hybridized carbons (Fsp3) is 0.545. The van der Waals surface area contributed by atoms with E-state index in [1.54, 1.807) is 0 Å². The molecular weight excluding hydrogens is 243 g/mol. The molecule has 17 heavy (non-hydrogen) atoms. The molecule has 3 nitrogen and oxygen atoms in total. The van der Waals surface area contributed by atoms with E-state index in [0.717, 1.165) is 0 Å². The molecule has 0 atom stereocenters. The van der Waals surface area contributed by atoms with Crippen LogP contribution in [0, 0.1) is 5.82 Å². The zero-order valence-electron chi connectivity index (χ0n) is 10.3. The number of hydrogen-bond donors (Lipinski definition) is 0. The van der Waals surface area contributed by atoms with E-state index in [0.29, 0.717) is 5.59 Å². The molecule has 1 aliphatic rings. The Labute approximate surface area is 105 Å². The molecule has 2 heterocycles. The summed E-state index contributed by atoms with van der Waals surface area (Å²) >= 11 is 5.58. The van der Waals surface area contributed by atoms with E-state index in [9.17, 15) is 4.39 Å². The summed E-state index contributed by atoms with van der Waals surface area (Å²) in [5.41, 5.74) is -0.532. The second-order valence-electron chi connectivity index (χ2n) is 5.11. The van der Waals surface area contributed by atoms with Crippen molar-refractivity contribution >= 4 is 24.3 Å². The van der Waals surface area contributed by atoms with Crippen LogP contribution in [0.4, 0.5) is 4.39 Å². The molecule has 0 amide bonds. The van der Waals surface area contributed by atoms with Crippen LogP contribution in [0.25, 0.3) is 0 Å². The first kappa shape index (κ1) is 12.8. The standard InChI is InChI=1S/C11H14BClFNO2/c1-10(2)11(3,4)17-12(16-10)9-5-8(14)7(13)6-15-9/h5-6H,1-4H3. The lowest BCUT2D eigenvalue weighted by Crippen LogP contribution is -2.41. The summed E-state index contributed by atoms with van der Waals surface area (Å²) in [6.07, 6.45) is 1.26. The highest BCUT2D eigenvalue weighted by molar-refractivity contribution is 6.61. The third-order valence-corrected chi connectivity index (χ3v) is 3.60. The molecule has 0 saturated carbocycles. The number of aromatic nitrogens is 1. The van der Waals surface area contributed by atoms with Gasteiger partial charge in [-0.15, -0.1) is 0 Å². The summed E-state index contributed by atoms with van der Waals surface area (Å²) < 4.78 is 24.8. The molecule has 0 aromatic carbocycles. The summed E-state index contributed by atoms with van der Waals surface area (Å²) in [5.74, 6) is -0.522. The Morgan fingerprint density at radius 1 is 1.24 bits per heavy atom. The maximum atomic E-state index is 13.3. The van der Waals surface area contributed by atoms with Crippen molar-refractivity contribution in [2.45, 2.75) is 38.9 Å². The van der Waals surface area contributed by atoms with Gasteiger partial charge in [-0.25, -0.2) is 4.39 Å². The summed E-state index contributed by atoms with van der Waals surface area (Å²) in [5, 5.41) is -0.00901. The fourth-order valence-corrected chi connectivity index (χ4v) is 1.62. The lowest BCUT2D eigenvalue weighted by atomic mass is 9.84. The second kappa shape index (κ2) is 3.94.